The molecule has 5 heteroatoms. The van der Waals surface area contributed by atoms with Crippen LogP contribution in [0.25, 0.3) is 0 Å². The van der Waals surface area contributed by atoms with Crippen molar-refractivity contribution in [2.45, 2.75) is 39.0 Å². The highest BCUT2D eigenvalue weighted by atomic mass is 16.4. The zero-order valence-electron chi connectivity index (χ0n) is 11.3. The average molecular weight is 256 g/mol. The van der Waals surface area contributed by atoms with Gasteiger partial charge in [-0.15, -0.1) is 0 Å². The first-order chi connectivity index (χ1) is 8.49. The molecule has 5 nitrogen and oxygen atoms in total. The van der Waals surface area contributed by atoms with Crippen LogP contribution in [0.4, 0.5) is 4.79 Å². The van der Waals surface area contributed by atoms with Crippen molar-refractivity contribution in [3.05, 3.63) is 0 Å². The van der Waals surface area contributed by atoms with E-state index in [0.717, 1.165) is 6.54 Å². The predicted octanol–water partition coefficient (Wildman–Crippen LogP) is 1.93. The van der Waals surface area contributed by atoms with Crippen molar-refractivity contribution in [1.29, 1.82) is 0 Å². The van der Waals surface area contributed by atoms with E-state index in [2.05, 4.69) is 5.32 Å². The number of amides is 2. The molecule has 1 atom stereocenters. The van der Waals surface area contributed by atoms with Gasteiger partial charge in [-0.2, -0.15) is 0 Å². The zero-order valence-corrected chi connectivity index (χ0v) is 11.3. The Hall–Kier alpha value is -1.26. The smallest absolute Gasteiger partial charge is 0.317 e. The Bertz CT molecular complexity index is 290. The highest BCUT2D eigenvalue weighted by Gasteiger charge is 2.21. The molecule has 104 valence electrons. The summed E-state index contributed by atoms with van der Waals surface area (Å²) in [7, 11) is 1.82. The largest absolute Gasteiger partial charge is 0.481 e. The maximum atomic E-state index is 11.8. The van der Waals surface area contributed by atoms with Crippen molar-refractivity contribution >= 4 is 12.0 Å². The summed E-state index contributed by atoms with van der Waals surface area (Å²) < 4.78 is 0. The second-order valence-corrected chi connectivity index (χ2v) is 5.40. The first-order valence-electron chi connectivity index (χ1n) is 6.69. The van der Waals surface area contributed by atoms with E-state index >= 15 is 0 Å². The standard InChI is InChI=1S/C13H24N2O3/c1-10(6-7-12(16)17)8-14-13(18)15(2)9-11-4-3-5-11/h10-11H,3-9H2,1-2H3,(H,14,18)(H,16,17). The Balaban J connectivity index is 2.12. The Kier molecular flexibility index (Phi) is 5.95. The molecule has 0 aromatic rings. The van der Waals surface area contributed by atoms with Gasteiger partial charge in [0, 0.05) is 26.6 Å². The molecule has 1 unspecified atom stereocenters. The third-order valence-electron chi connectivity index (χ3n) is 3.56. The maximum absolute atomic E-state index is 11.8. The van der Waals surface area contributed by atoms with Gasteiger partial charge >= 0.3 is 12.0 Å². The van der Waals surface area contributed by atoms with Gasteiger partial charge < -0.3 is 15.3 Å². The average Bonchev–Trinajstić information content (AvgIpc) is 2.27. The van der Waals surface area contributed by atoms with Crippen molar-refractivity contribution < 1.29 is 14.7 Å². The number of carbonyl (C=O) groups excluding carboxylic acids is 1. The lowest BCUT2D eigenvalue weighted by Gasteiger charge is -2.30. The fraction of sp³-hybridized carbons (Fsp3) is 0.846. The van der Waals surface area contributed by atoms with E-state index in [1.54, 1.807) is 4.90 Å². The number of nitrogens with zero attached hydrogens (tertiary/aromatic N) is 1. The number of hydrogen-bond donors (Lipinski definition) is 2. The summed E-state index contributed by atoms with van der Waals surface area (Å²) in [6, 6.07) is -0.0518. The number of hydrogen-bond acceptors (Lipinski definition) is 2. The summed E-state index contributed by atoms with van der Waals surface area (Å²) in [5.41, 5.74) is 0. The van der Waals surface area contributed by atoms with Gasteiger partial charge in [0.15, 0.2) is 0 Å². The highest BCUT2D eigenvalue weighted by molar-refractivity contribution is 5.73. The van der Waals surface area contributed by atoms with Gasteiger partial charge in [0.1, 0.15) is 0 Å². The SMILES string of the molecule is CC(CCC(=O)O)CNC(=O)N(C)CC1CCC1. The number of carboxylic acids is 1. The molecule has 18 heavy (non-hydrogen) atoms. The number of urea groups is 1. The Morgan fingerprint density at radius 2 is 2.11 bits per heavy atom. The van der Waals surface area contributed by atoms with Crippen molar-refractivity contribution in [3.8, 4) is 0 Å². The van der Waals surface area contributed by atoms with Crippen LogP contribution in [-0.4, -0.2) is 42.1 Å². The molecule has 1 aliphatic carbocycles. The molecule has 1 fully saturated rings. The lowest BCUT2D eigenvalue weighted by Crippen LogP contribution is -2.42. The Labute approximate surface area is 109 Å². The fourth-order valence-corrected chi connectivity index (χ4v) is 2.01. The molecule has 1 aliphatic rings. The third-order valence-corrected chi connectivity index (χ3v) is 3.56. The lowest BCUT2D eigenvalue weighted by atomic mass is 9.85. The van der Waals surface area contributed by atoms with Gasteiger partial charge in [-0.25, -0.2) is 4.79 Å². The van der Waals surface area contributed by atoms with Gasteiger partial charge in [0.25, 0.3) is 0 Å². The molecule has 2 N–H and O–H groups in total. The lowest BCUT2D eigenvalue weighted by molar-refractivity contribution is -0.137. The van der Waals surface area contributed by atoms with Gasteiger partial charge in [-0.05, 0) is 31.1 Å². The van der Waals surface area contributed by atoms with Crippen LogP contribution in [0.2, 0.25) is 0 Å². The van der Waals surface area contributed by atoms with Crippen LogP contribution in [0.5, 0.6) is 0 Å². The minimum atomic E-state index is -0.782. The first kappa shape index (κ1) is 14.8. The van der Waals surface area contributed by atoms with E-state index in [-0.39, 0.29) is 18.4 Å². The second-order valence-electron chi connectivity index (χ2n) is 5.40. The molecular formula is C13H24N2O3. The van der Waals surface area contributed by atoms with Gasteiger partial charge in [-0.1, -0.05) is 13.3 Å². The minimum absolute atomic E-state index is 0.0518. The normalized spacial score (nSPS) is 16.8. The van der Waals surface area contributed by atoms with E-state index < -0.39 is 5.97 Å². The van der Waals surface area contributed by atoms with E-state index in [0.29, 0.717) is 18.9 Å². The summed E-state index contributed by atoms with van der Waals surface area (Å²) >= 11 is 0. The predicted molar refractivity (Wildman–Crippen MR) is 69.4 cm³/mol. The number of carbonyl (C=O) groups is 2. The van der Waals surface area contributed by atoms with Gasteiger partial charge in [0.05, 0.1) is 0 Å². The Morgan fingerprint density at radius 1 is 1.44 bits per heavy atom. The molecule has 0 bridgehead atoms. The number of aliphatic carboxylic acids is 1. The van der Waals surface area contributed by atoms with Crippen molar-refractivity contribution in [2.75, 3.05) is 20.1 Å². The molecule has 0 heterocycles. The van der Waals surface area contributed by atoms with Crippen LogP contribution < -0.4 is 5.32 Å². The Morgan fingerprint density at radius 3 is 2.61 bits per heavy atom. The van der Waals surface area contributed by atoms with Crippen molar-refractivity contribution in [1.82, 2.24) is 10.2 Å². The van der Waals surface area contributed by atoms with E-state index in [9.17, 15) is 9.59 Å². The van der Waals surface area contributed by atoms with Gasteiger partial charge in [-0.3, -0.25) is 4.79 Å². The molecule has 0 aromatic heterocycles. The van der Waals surface area contributed by atoms with Crippen LogP contribution in [0.1, 0.15) is 39.0 Å². The fourth-order valence-electron chi connectivity index (χ4n) is 2.01. The molecule has 0 aliphatic heterocycles. The highest BCUT2D eigenvalue weighted by Crippen LogP contribution is 2.26. The molecule has 2 amide bonds. The van der Waals surface area contributed by atoms with E-state index in [1.165, 1.54) is 19.3 Å². The summed E-state index contributed by atoms with van der Waals surface area (Å²) in [5, 5.41) is 11.4. The third kappa shape index (κ3) is 5.38. The van der Waals surface area contributed by atoms with Crippen LogP contribution in [0.3, 0.4) is 0 Å². The van der Waals surface area contributed by atoms with Crippen molar-refractivity contribution in [3.63, 3.8) is 0 Å². The molecular weight excluding hydrogens is 232 g/mol. The quantitative estimate of drug-likeness (QED) is 0.731. The zero-order chi connectivity index (χ0) is 13.5. The van der Waals surface area contributed by atoms with Crippen LogP contribution in [0, 0.1) is 11.8 Å². The molecule has 0 spiro atoms. The number of nitrogens with one attached hydrogen (secondary N) is 1. The summed E-state index contributed by atoms with van der Waals surface area (Å²) in [6.45, 7) is 3.33. The van der Waals surface area contributed by atoms with E-state index in [4.69, 9.17) is 5.11 Å². The van der Waals surface area contributed by atoms with Crippen LogP contribution in [-0.2, 0) is 4.79 Å². The van der Waals surface area contributed by atoms with Crippen LogP contribution in [0.15, 0.2) is 0 Å². The molecule has 0 aromatic carbocycles. The molecule has 1 saturated carbocycles. The summed E-state index contributed by atoms with van der Waals surface area (Å²) in [6.07, 6.45) is 4.50. The molecule has 1 rings (SSSR count). The maximum Gasteiger partial charge on any atom is 0.317 e. The van der Waals surface area contributed by atoms with E-state index in [1.807, 2.05) is 14.0 Å². The monoisotopic (exact) mass is 256 g/mol. The van der Waals surface area contributed by atoms with Crippen LogP contribution >= 0.6 is 0 Å². The summed E-state index contributed by atoms with van der Waals surface area (Å²) in [4.78, 5) is 23.9. The minimum Gasteiger partial charge on any atom is -0.481 e. The molecule has 0 saturated heterocycles. The van der Waals surface area contributed by atoms with Crippen molar-refractivity contribution in [2.24, 2.45) is 11.8 Å². The number of rotatable bonds is 7. The number of carboxylic acid groups (broad SMARTS) is 1. The topological polar surface area (TPSA) is 69.6 Å². The summed E-state index contributed by atoms with van der Waals surface area (Å²) in [5.74, 6) is 0.0858. The first-order valence-corrected chi connectivity index (χ1v) is 6.69. The van der Waals surface area contributed by atoms with Gasteiger partial charge in [0.2, 0.25) is 0 Å². The second kappa shape index (κ2) is 7.24. The molecule has 0 radical (unpaired) electrons.